The van der Waals surface area contributed by atoms with Crippen LogP contribution in [0.5, 0.6) is 0 Å². The van der Waals surface area contributed by atoms with Crippen LogP contribution in [0.25, 0.3) is 0 Å². The summed E-state index contributed by atoms with van der Waals surface area (Å²) < 4.78 is 7.59. The van der Waals surface area contributed by atoms with Gasteiger partial charge >= 0.3 is 0 Å². The third-order valence-corrected chi connectivity index (χ3v) is 3.13. The molecule has 0 aliphatic carbocycles. The zero-order chi connectivity index (χ0) is 13.4. The molecule has 0 spiro atoms. The number of aryl methyl sites for hydroxylation is 1. The Hall–Kier alpha value is -0.870. The molecule has 1 rings (SSSR count). The van der Waals surface area contributed by atoms with Crippen molar-refractivity contribution in [2.24, 2.45) is 0 Å². The second-order valence-corrected chi connectivity index (χ2v) is 4.59. The minimum absolute atomic E-state index is 0.752. The number of nitrogens with one attached hydrogen (secondary N) is 1. The van der Waals surface area contributed by atoms with Crippen molar-refractivity contribution in [1.29, 1.82) is 0 Å². The normalized spacial score (nSPS) is 11.1. The summed E-state index contributed by atoms with van der Waals surface area (Å²) in [5.74, 6) is 0. The van der Waals surface area contributed by atoms with Crippen molar-refractivity contribution in [3.63, 3.8) is 0 Å². The molecular formula is C14H27N3O. The van der Waals surface area contributed by atoms with E-state index in [1.54, 1.807) is 0 Å². The van der Waals surface area contributed by atoms with Crippen molar-refractivity contribution in [2.75, 3.05) is 26.3 Å². The fraction of sp³-hybridized carbons (Fsp3) is 0.786. The number of hydrogen-bond donors (Lipinski definition) is 1. The minimum Gasteiger partial charge on any atom is -0.380 e. The van der Waals surface area contributed by atoms with Crippen LogP contribution in [0.2, 0.25) is 0 Å². The Balaban J connectivity index is 2.51. The summed E-state index contributed by atoms with van der Waals surface area (Å²) in [6, 6.07) is 0. The second kappa shape index (κ2) is 8.27. The van der Waals surface area contributed by atoms with Crippen LogP contribution < -0.4 is 5.32 Å². The van der Waals surface area contributed by atoms with Crippen molar-refractivity contribution in [2.45, 2.75) is 47.1 Å². The topological polar surface area (TPSA) is 39.1 Å². The van der Waals surface area contributed by atoms with E-state index in [9.17, 15) is 0 Å². The molecule has 0 atom stereocenters. The maximum Gasteiger partial charge on any atom is 0.0662 e. The molecule has 0 aromatic carbocycles. The molecule has 1 aromatic rings. The van der Waals surface area contributed by atoms with E-state index < -0.39 is 0 Å². The van der Waals surface area contributed by atoms with E-state index in [0.717, 1.165) is 51.4 Å². The molecular weight excluding hydrogens is 226 g/mol. The molecule has 0 saturated heterocycles. The molecule has 18 heavy (non-hydrogen) atoms. The van der Waals surface area contributed by atoms with Crippen molar-refractivity contribution in [1.82, 2.24) is 15.1 Å². The summed E-state index contributed by atoms with van der Waals surface area (Å²) in [4.78, 5) is 0. The predicted octanol–water partition coefficient (Wildman–Crippen LogP) is 2.08. The standard InChI is InChI=1S/C14H27N3O/c1-5-10-18-11-9-17-13(4)14(12(3)16-17)7-8-15-6-2/h15H,5-11H2,1-4H3. The van der Waals surface area contributed by atoms with Gasteiger partial charge in [-0.25, -0.2) is 0 Å². The molecule has 0 amide bonds. The van der Waals surface area contributed by atoms with Crippen LogP contribution in [0.3, 0.4) is 0 Å². The Morgan fingerprint density at radius 1 is 1.22 bits per heavy atom. The van der Waals surface area contributed by atoms with Crippen molar-refractivity contribution in [3.8, 4) is 0 Å². The lowest BCUT2D eigenvalue weighted by Gasteiger charge is -2.06. The number of nitrogens with zero attached hydrogens (tertiary/aromatic N) is 2. The van der Waals surface area contributed by atoms with Gasteiger partial charge in [-0.1, -0.05) is 13.8 Å². The summed E-state index contributed by atoms with van der Waals surface area (Å²) in [6.07, 6.45) is 2.13. The Morgan fingerprint density at radius 2 is 2.00 bits per heavy atom. The first kappa shape index (κ1) is 15.2. The molecule has 1 N–H and O–H groups in total. The zero-order valence-corrected chi connectivity index (χ0v) is 12.3. The molecule has 0 unspecified atom stereocenters. The van der Waals surface area contributed by atoms with Crippen molar-refractivity contribution >= 4 is 0 Å². The van der Waals surface area contributed by atoms with Crippen LogP contribution in [-0.2, 0) is 17.7 Å². The molecule has 1 heterocycles. The Morgan fingerprint density at radius 3 is 2.67 bits per heavy atom. The fourth-order valence-corrected chi connectivity index (χ4v) is 2.10. The van der Waals surface area contributed by atoms with Crippen LogP contribution >= 0.6 is 0 Å². The molecule has 4 heteroatoms. The Kier molecular flexibility index (Phi) is 6.98. The van der Waals surface area contributed by atoms with Crippen molar-refractivity contribution in [3.05, 3.63) is 17.0 Å². The molecule has 104 valence electrons. The number of rotatable bonds is 9. The molecule has 0 bridgehead atoms. The fourth-order valence-electron chi connectivity index (χ4n) is 2.10. The first-order valence-corrected chi connectivity index (χ1v) is 7.02. The van der Waals surface area contributed by atoms with Gasteiger partial charge in [-0.05, 0) is 45.3 Å². The van der Waals surface area contributed by atoms with Gasteiger partial charge in [0.05, 0.1) is 18.8 Å². The Labute approximate surface area is 111 Å². The molecule has 4 nitrogen and oxygen atoms in total. The van der Waals surface area contributed by atoms with Gasteiger partial charge < -0.3 is 10.1 Å². The number of likely N-dealkylation sites (N-methyl/N-ethyl adjacent to an activating group) is 1. The smallest absolute Gasteiger partial charge is 0.0662 e. The van der Waals surface area contributed by atoms with Crippen LogP contribution in [-0.4, -0.2) is 36.1 Å². The van der Waals surface area contributed by atoms with E-state index in [4.69, 9.17) is 4.74 Å². The summed E-state index contributed by atoms with van der Waals surface area (Å²) in [7, 11) is 0. The summed E-state index contributed by atoms with van der Waals surface area (Å²) in [5.41, 5.74) is 3.82. The van der Waals surface area contributed by atoms with Gasteiger partial charge in [0.2, 0.25) is 0 Å². The summed E-state index contributed by atoms with van der Waals surface area (Å²) in [5, 5.41) is 7.95. The van der Waals surface area contributed by atoms with Crippen LogP contribution in [0, 0.1) is 13.8 Å². The highest BCUT2D eigenvalue weighted by Crippen LogP contribution is 2.13. The zero-order valence-electron chi connectivity index (χ0n) is 12.3. The largest absolute Gasteiger partial charge is 0.380 e. The highest BCUT2D eigenvalue weighted by atomic mass is 16.5. The molecule has 0 fully saturated rings. The molecule has 0 aliphatic heterocycles. The van der Waals surface area contributed by atoms with E-state index in [-0.39, 0.29) is 0 Å². The van der Waals surface area contributed by atoms with E-state index in [0.29, 0.717) is 0 Å². The van der Waals surface area contributed by atoms with Gasteiger partial charge in [0.25, 0.3) is 0 Å². The lowest BCUT2D eigenvalue weighted by molar-refractivity contribution is 0.124. The van der Waals surface area contributed by atoms with Gasteiger partial charge in [-0.15, -0.1) is 0 Å². The first-order valence-electron chi connectivity index (χ1n) is 7.02. The van der Waals surface area contributed by atoms with Gasteiger partial charge in [-0.2, -0.15) is 5.10 Å². The number of ether oxygens (including phenoxy) is 1. The highest BCUT2D eigenvalue weighted by Gasteiger charge is 2.10. The molecule has 0 aliphatic rings. The molecule has 0 saturated carbocycles. The predicted molar refractivity (Wildman–Crippen MR) is 75.1 cm³/mol. The third-order valence-electron chi connectivity index (χ3n) is 3.13. The van der Waals surface area contributed by atoms with E-state index >= 15 is 0 Å². The van der Waals surface area contributed by atoms with Crippen LogP contribution in [0.15, 0.2) is 0 Å². The van der Waals surface area contributed by atoms with Gasteiger partial charge in [-0.3, -0.25) is 4.68 Å². The average molecular weight is 253 g/mol. The second-order valence-electron chi connectivity index (χ2n) is 4.59. The lowest BCUT2D eigenvalue weighted by atomic mass is 10.1. The lowest BCUT2D eigenvalue weighted by Crippen LogP contribution is -2.16. The average Bonchev–Trinajstić information content (AvgIpc) is 2.62. The number of aromatic nitrogens is 2. The van der Waals surface area contributed by atoms with Crippen molar-refractivity contribution < 1.29 is 4.74 Å². The van der Waals surface area contributed by atoms with Crippen LogP contribution in [0.1, 0.15) is 37.2 Å². The van der Waals surface area contributed by atoms with Gasteiger partial charge in [0, 0.05) is 12.3 Å². The van der Waals surface area contributed by atoms with Gasteiger partial charge in [0.15, 0.2) is 0 Å². The summed E-state index contributed by atoms with van der Waals surface area (Å²) >= 11 is 0. The number of hydrogen-bond acceptors (Lipinski definition) is 3. The third kappa shape index (κ3) is 4.42. The van der Waals surface area contributed by atoms with E-state index in [1.165, 1.54) is 11.3 Å². The maximum atomic E-state index is 5.52. The summed E-state index contributed by atoms with van der Waals surface area (Å²) in [6.45, 7) is 13.0. The Bertz CT molecular complexity index is 347. The highest BCUT2D eigenvalue weighted by molar-refractivity contribution is 5.24. The van der Waals surface area contributed by atoms with E-state index in [1.807, 2.05) is 0 Å². The first-order chi connectivity index (χ1) is 8.70. The molecule has 0 radical (unpaired) electrons. The molecule has 1 aromatic heterocycles. The SMILES string of the molecule is CCCOCCn1nc(C)c(CCNCC)c1C. The van der Waals surface area contributed by atoms with E-state index in [2.05, 4.69) is 42.8 Å². The van der Waals surface area contributed by atoms with Gasteiger partial charge in [0.1, 0.15) is 0 Å². The maximum absolute atomic E-state index is 5.52. The quantitative estimate of drug-likeness (QED) is 0.685. The van der Waals surface area contributed by atoms with Crippen LogP contribution in [0.4, 0.5) is 0 Å². The minimum atomic E-state index is 0.752. The monoisotopic (exact) mass is 253 g/mol.